The Hall–Kier alpha value is -2.60. The molecule has 3 rings (SSSR count). The number of para-hydroxylation sites is 1. The van der Waals surface area contributed by atoms with Gasteiger partial charge in [-0.25, -0.2) is 9.36 Å². The molecule has 3 aromatic rings. The molecule has 2 heterocycles. The van der Waals surface area contributed by atoms with Gasteiger partial charge in [0.05, 0.1) is 30.3 Å². The van der Waals surface area contributed by atoms with Crippen molar-refractivity contribution in [3.05, 3.63) is 59.0 Å². The molecule has 1 aromatic carbocycles. The lowest BCUT2D eigenvalue weighted by Crippen LogP contribution is -2.19. The zero-order chi connectivity index (χ0) is 18.0. The molecule has 25 heavy (non-hydrogen) atoms. The van der Waals surface area contributed by atoms with E-state index < -0.39 is 0 Å². The highest BCUT2D eigenvalue weighted by atomic mass is 16.5. The number of aryl methyl sites for hydroxylation is 2. The Morgan fingerprint density at radius 1 is 1.20 bits per heavy atom. The van der Waals surface area contributed by atoms with E-state index >= 15 is 0 Å². The fourth-order valence-electron chi connectivity index (χ4n) is 3.18. The average Bonchev–Trinajstić information content (AvgIpc) is 3.12. The lowest BCUT2D eigenvalue weighted by Gasteiger charge is -2.14. The van der Waals surface area contributed by atoms with Crippen molar-refractivity contribution in [3.63, 3.8) is 0 Å². The smallest absolute Gasteiger partial charge is 0.216 e. The Kier molecular flexibility index (Phi) is 4.90. The molecule has 0 aliphatic rings. The van der Waals surface area contributed by atoms with E-state index in [1.54, 1.807) is 11.8 Å². The number of nitrogens with zero attached hydrogens (tertiary/aromatic N) is 4. The number of benzene rings is 1. The van der Waals surface area contributed by atoms with Gasteiger partial charge in [0.15, 0.2) is 0 Å². The van der Waals surface area contributed by atoms with Gasteiger partial charge in [-0.1, -0.05) is 18.2 Å². The molecule has 0 spiro atoms. The standard InChI is InChI=1S/C19H25N5O/c1-13(20-11-18-14(2)22-23(4)19(18)25-5)17-12-21-24(15(17)3)16-9-7-6-8-10-16/h6-10,12-13,20H,11H2,1-5H3/t13-/m1/s1. The molecule has 0 aliphatic carbocycles. The second-order valence-electron chi connectivity index (χ2n) is 6.23. The highest BCUT2D eigenvalue weighted by molar-refractivity contribution is 5.35. The maximum Gasteiger partial charge on any atom is 0.216 e. The van der Waals surface area contributed by atoms with Gasteiger partial charge in [0, 0.05) is 30.9 Å². The summed E-state index contributed by atoms with van der Waals surface area (Å²) in [5.41, 5.74) is 5.47. The molecule has 0 bridgehead atoms. The first-order chi connectivity index (χ1) is 12.0. The van der Waals surface area contributed by atoms with Gasteiger partial charge in [0.1, 0.15) is 0 Å². The van der Waals surface area contributed by atoms with E-state index in [9.17, 15) is 0 Å². The number of rotatable bonds is 6. The molecule has 1 atom stereocenters. The Labute approximate surface area is 148 Å². The minimum absolute atomic E-state index is 0.168. The molecule has 132 valence electrons. The average molecular weight is 339 g/mol. The summed E-state index contributed by atoms with van der Waals surface area (Å²) in [5.74, 6) is 0.800. The Morgan fingerprint density at radius 3 is 2.60 bits per heavy atom. The highest BCUT2D eigenvalue weighted by Crippen LogP contribution is 2.24. The highest BCUT2D eigenvalue weighted by Gasteiger charge is 2.17. The minimum Gasteiger partial charge on any atom is -0.481 e. The molecule has 0 amide bonds. The molecule has 1 N–H and O–H groups in total. The van der Waals surface area contributed by atoms with Gasteiger partial charge in [-0.3, -0.25) is 0 Å². The van der Waals surface area contributed by atoms with E-state index in [2.05, 4.69) is 41.5 Å². The third-order valence-electron chi connectivity index (χ3n) is 4.58. The maximum atomic E-state index is 5.46. The van der Waals surface area contributed by atoms with Crippen molar-refractivity contribution in [2.24, 2.45) is 7.05 Å². The Bertz CT molecular complexity index is 850. The van der Waals surface area contributed by atoms with Gasteiger partial charge in [-0.15, -0.1) is 0 Å². The molecule has 0 saturated heterocycles. The first kappa shape index (κ1) is 17.2. The van der Waals surface area contributed by atoms with Crippen molar-refractivity contribution in [1.82, 2.24) is 24.9 Å². The fourth-order valence-corrected chi connectivity index (χ4v) is 3.18. The van der Waals surface area contributed by atoms with E-state index in [-0.39, 0.29) is 6.04 Å². The van der Waals surface area contributed by atoms with Crippen LogP contribution in [0, 0.1) is 13.8 Å². The number of aromatic nitrogens is 4. The van der Waals surface area contributed by atoms with Crippen molar-refractivity contribution in [3.8, 4) is 11.6 Å². The summed E-state index contributed by atoms with van der Waals surface area (Å²) in [6.45, 7) is 6.95. The number of hydrogen-bond donors (Lipinski definition) is 1. The van der Waals surface area contributed by atoms with E-state index in [1.165, 1.54) is 5.56 Å². The normalized spacial score (nSPS) is 12.4. The Balaban J connectivity index is 1.77. The second kappa shape index (κ2) is 7.11. The summed E-state index contributed by atoms with van der Waals surface area (Å²) in [5, 5.41) is 12.5. The van der Waals surface area contributed by atoms with Crippen LogP contribution < -0.4 is 10.1 Å². The van der Waals surface area contributed by atoms with Gasteiger partial charge >= 0.3 is 0 Å². The van der Waals surface area contributed by atoms with Crippen molar-refractivity contribution >= 4 is 0 Å². The summed E-state index contributed by atoms with van der Waals surface area (Å²) in [7, 11) is 3.57. The monoisotopic (exact) mass is 339 g/mol. The van der Waals surface area contributed by atoms with Crippen molar-refractivity contribution < 1.29 is 4.74 Å². The summed E-state index contributed by atoms with van der Waals surface area (Å²) in [6, 6.07) is 10.3. The van der Waals surface area contributed by atoms with E-state index in [1.807, 2.05) is 43.0 Å². The SMILES string of the molecule is COc1c(CN[C@H](C)c2cnn(-c3ccccc3)c2C)c(C)nn1C. The third-order valence-corrected chi connectivity index (χ3v) is 4.58. The summed E-state index contributed by atoms with van der Waals surface area (Å²) in [6.07, 6.45) is 1.94. The summed E-state index contributed by atoms with van der Waals surface area (Å²) >= 11 is 0. The molecule has 0 unspecified atom stereocenters. The van der Waals surface area contributed by atoms with Crippen LogP contribution in [-0.4, -0.2) is 26.7 Å². The molecule has 0 saturated carbocycles. The molecule has 0 radical (unpaired) electrons. The van der Waals surface area contributed by atoms with E-state index in [4.69, 9.17) is 4.74 Å². The van der Waals surface area contributed by atoms with Crippen LogP contribution in [0.2, 0.25) is 0 Å². The predicted octanol–water partition coefficient (Wildman–Crippen LogP) is 3.08. The molecule has 0 aliphatic heterocycles. The minimum atomic E-state index is 0.168. The number of ether oxygens (including phenoxy) is 1. The van der Waals surface area contributed by atoms with Crippen molar-refractivity contribution in [2.75, 3.05) is 7.11 Å². The molecular weight excluding hydrogens is 314 g/mol. The van der Waals surface area contributed by atoms with Crippen LogP contribution in [0.4, 0.5) is 0 Å². The Morgan fingerprint density at radius 2 is 1.92 bits per heavy atom. The lowest BCUT2D eigenvalue weighted by atomic mass is 10.1. The zero-order valence-electron chi connectivity index (χ0n) is 15.4. The van der Waals surface area contributed by atoms with Gasteiger partial charge in [0.2, 0.25) is 5.88 Å². The van der Waals surface area contributed by atoms with Crippen LogP contribution in [-0.2, 0) is 13.6 Å². The van der Waals surface area contributed by atoms with Crippen LogP contribution in [0.3, 0.4) is 0 Å². The van der Waals surface area contributed by atoms with Crippen LogP contribution in [0.15, 0.2) is 36.5 Å². The van der Waals surface area contributed by atoms with Crippen LogP contribution in [0.1, 0.15) is 35.5 Å². The van der Waals surface area contributed by atoms with Gasteiger partial charge < -0.3 is 10.1 Å². The molecular formula is C19H25N5O. The molecule has 2 aromatic heterocycles. The topological polar surface area (TPSA) is 56.9 Å². The number of nitrogens with one attached hydrogen (secondary N) is 1. The summed E-state index contributed by atoms with van der Waals surface area (Å²) in [4.78, 5) is 0. The van der Waals surface area contributed by atoms with E-state index in [0.717, 1.165) is 28.5 Å². The van der Waals surface area contributed by atoms with Crippen LogP contribution >= 0.6 is 0 Å². The first-order valence-electron chi connectivity index (χ1n) is 8.42. The van der Waals surface area contributed by atoms with Crippen molar-refractivity contribution in [2.45, 2.75) is 33.4 Å². The number of methoxy groups -OCH3 is 1. The molecule has 6 nitrogen and oxygen atoms in total. The largest absolute Gasteiger partial charge is 0.481 e. The van der Waals surface area contributed by atoms with Gasteiger partial charge in [0.25, 0.3) is 0 Å². The van der Waals surface area contributed by atoms with Crippen molar-refractivity contribution in [1.29, 1.82) is 0 Å². The maximum absolute atomic E-state index is 5.46. The van der Waals surface area contributed by atoms with E-state index in [0.29, 0.717) is 6.54 Å². The van der Waals surface area contributed by atoms with Gasteiger partial charge in [-0.2, -0.15) is 10.2 Å². The summed E-state index contributed by atoms with van der Waals surface area (Å²) < 4.78 is 9.21. The number of hydrogen-bond acceptors (Lipinski definition) is 4. The van der Waals surface area contributed by atoms with Crippen LogP contribution in [0.5, 0.6) is 5.88 Å². The predicted molar refractivity (Wildman–Crippen MR) is 98.1 cm³/mol. The first-order valence-corrected chi connectivity index (χ1v) is 8.42. The third kappa shape index (κ3) is 3.30. The fraction of sp³-hybridized carbons (Fsp3) is 0.368. The molecule has 0 fully saturated rings. The quantitative estimate of drug-likeness (QED) is 0.750. The van der Waals surface area contributed by atoms with Gasteiger partial charge in [-0.05, 0) is 32.9 Å². The van der Waals surface area contributed by atoms with Crippen LogP contribution in [0.25, 0.3) is 5.69 Å². The lowest BCUT2D eigenvalue weighted by molar-refractivity contribution is 0.367. The molecule has 6 heteroatoms. The zero-order valence-corrected chi connectivity index (χ0v) is 15.4. The second-order valence-corrected chi connectivity index (χ2v) is 6.23.